The molecule has 1 aliphatic carbocycles. The van der Waals surface area contributed by atoms with Crippen molar-refractivity contribution in [1.82, 2.24) is 9.71 Å². The quantitative estimate of drug-likeness (QED) is 0.924. The number of hydrogen-bond acceptors (Lipinski definition) is 4. The summed E-state index contributed by atoms with van der Waals surface area (Å²) in [7, 11) is -3.56. The molecule has 0 spiro atoms. The summed E-state index contributed by atoms with van der Waals surface area (Å²) in [5.41, 5.74) is 0.212. The van der Waals surface area contributed by atoms with Crippen LogP contribution in [-0.4, -0.2) is 19.4 Å². The van der Waals surface area contributed by atoms with E-state index in [0.29, 0.717) is 11.8 Å². The highest BCUT2D eigenvalue weighted by Gasteiger charge is 2.29. The van der Waals surface area contributed by atoms with Crippen molar-refractivity contribution in [2.75, 3.05) is 0 Å². The first-order chi connectivity index (χ1) is 9.42. The SMILES string of the molecule is CC1CCC(NS(=O)(=O)c2ccc(C#N)nc2)C(C)C1. The predicted octanol–water partition coefficient (Wildman–Crippen LogP) is 2.06. The van der Waals surface area contributed by atoms with E-state index in [1.54, 1.807) is 0 Å². The van der Waals surface area contributed by atoms with Gasteiger partial charge in [0.2, 0.25) is 10.0 Å². The molecule has 6 heteroatoms. The van der Waals surface area contributed by atoms with Crippen LogP contribution in [0.2, 0.25) is 0 Å². The van der Waals surface area contributed by atoms with Crippen LogP contribution in [0.25, 0.3) is 0 Å². The van der Waals surface area contributed by atoms with Gasteiger partial charge in [0, 0.05) is 12.2 Å². The highest BCUT2D eigenvalue weighted by atomic mass is 32.2. The van der Waals surface area contributed by atoms with E-state index in [9.17, 15) is 8.42 Å². The largest absolute Gasteiger partial charge is 0.244 e. The van der Waals surface area contributed by atoms with Gasteiger partial charge in [-0.25, -0.2) is 18.1 Å². The molecule has 2 rings (SSSR count). The topological polar surface area (TPSA) is 82.9 Å². The van der Waals surface area contributed by atoms with E-state index in [0.717, 1.165) is 19.3 Å². The van der Waals surface area contributed by atoms with Gasteiger partial charge >= 0.3 is 0 Å². The van der Waals surface area contributed by atoms with Crippen molar-refractivity contribution in [3.63, 3.8) is 0 Å². The molecule has 1 aliphatic rings. The molecule has 0 bridgehead atoms. The minimum Gasteiger partial charge on any atom is -0.244 e. The third kappa shape index (κ3) is 3.35. The highest BCUT2D eigenvalue weighted by molar-refractivity contribution is 7.89. The molecule has 0 radical (unpaired) electrons. The lowest BCUT2D eigenvalue weighted by molar-refractivity contribution is 0.249. The van der Waals surface area contributed by atoms with Gasteiger partial charge in [0.05, 0.1) is 0 Å². The van der Waals surface area contributed by atoms with Gasteiger partial charge in [0.25, 0.3) is 0 Å². The average Bonchev–Trinajstić information content (AvgIpc) is 2.42. The van der Waals surface area contributed by atoms with Crippen LogP contribution in [-0.2, 0) is 10.0 Å². The Balaban J connectivity index is 2.12. The van der Waals surface area contributed by atoms with E-state index in [1.807, 2.05) is 6.07 Å². The molecule has 3 atom stereocenters. The Bertz CT molecular complexity index is 604. The number of rotatable bonds is 3. The van der Waals surface area contributed by atoms with Crippen LogP contribution in [0.4, 0.5) is 0 Å². The molecule has 0 saturated heterocycles. The van der Waals surface area contributed by atoms with E-state index >= 15 is 0 Å². The van der Waals surface area contributed by atoms with Gasteiger partial charge in [-0.3, -0.25) is 0 Å². The van der Waals surface area contributed by atoms with Crippen molar-refractivity contribution in [3.8, 4) is 6.07 Å². The first kappa shape index (κ1) is 14.9. The summed E-state index contributed by atoms with van der Waals surface area (Å²) < 4.78 is 27.4. The van der Waals surface area contributed by atoms with Crippen molar-refractivity contribution in [2.45, 2.75) is 44.0 Å². The van der Waals surface area contributed by atoms with E-state index in [4.69, 9.17) is 5.26 Å². The molecule has 3 unspecified atom stereocenters. The van der Waals surface area contributed by atoms with E-state index < -0.39 is 10.0 Å². The van der Waals surface area contributed by atoms with Gasteiger partial charge in [-0.2, -0.15) is 5.26 Å². The fourth-order valence-corrected chi connectivity index (χ4v) is 4.04. The molecule has 1 N–H and O–H groups in total. The first-order valence-corrected chi connectivity index (χ1v) is 8.29. The van der Waals surface area contributed by atoms with Crippen molar-refractivity contribution in [2.24, 2.45) is 11.8 Å². The fraction of sp³-hybridized carbons (Fsp3) is 0.571. The van der Waals surface area contributed by atoms with E-state index in [1.165, 1.54) is 18.3 Å². The second-order valence-electron chi connectivity index (χ2n) is 5.61. The molecule has 0 aromatic carbocycles. The van der Waals surface area contributed by atoms with Crippen LogP contribution in [0.3, 0.4) is 0 Å². The van der Waals surface area contributed by atoms with Crippen molar-refractivity contribution >= 4 is 10.0 Å². The Kier molecular flexibility index (Phi) is 4.41. The number of hydrogen-bond donors (Lipinski definition) is 1. The molecule has 1 aromatic heterocycles. The molecule has 1 aromatic rings. The van der Waals surface area contributed by atoms with Crippen LogP contribution in [0.15, 0.2) is 23.2 Å². The molecule has 20 heavy (non-hydrogen) atoms. The van der Waals surface area contributed by atoms with Crippen molar-refractivity contribution in [1.29, 1.82) is 5.26 Å². The first-order valence-electron chi connectivity index (χ1n) is 6.81. The summed E-state index contributed by atoms with van der Waals surface area (Å²) >= 11 is 0. The van der Waals surface area contributed by atoms with Gasteiger partial charge in [-0.15, -0.1) is 0 Å². The van der Waals surface area contributed by atoms with Gasteiger partial charge in [0.15, 0.2) is 0 Å². The molecule has 1 saturated carbocycles. The molecule has 108 valence electrons. The molecular weight excluding hydrogens is 274 g/mol. The third-order valence-corrected chi connectivity index (χ3v) is 5.37. The average molecular weight is 293 g/mol. The van der Waals surface area contributed by atoms with Crippen LogP contribution in [0, 0.1) is 23.2 Å². The minimum atomic E-state index is -3.56. The number of aromatic nitrogens is 1. The number of nitrogens with zero attached hydrogens (tertiary/aromatic N) is 2. The molecule has 0 amide bonds. The smallest absolute Gasteiger partial charge is 0.242 e. The Morgan fingerprint density at radius 3 is 2.65 bits per heavy atom. The van der Waals surface area contributed by atoms with E-state index in [-0.39, 0.29) is 16.6 Å². The molecule has 5 nitrogen and oxygen atoms in total. The summed E-state index contributed by atoms with van der Waals surface area (Å²) in [6.07, 6.45) is 4.18. The minimum absolute atomic E-state index is 0.0214. The lowest BCUT2D eigenvalue weighted by Crippen LogP contribution is -2.42. The summed E-state index contributed by atoms with van der Waals surface area (Å²) in [5, 5.41) is 8.67. The molecule has 1 heterocycles. The van der Waals surface area contributed by atoms with Crippen LogP contribution in [0.5, 0.6) is 0 Å². The fourth-order valence-electron chi connectivity index (χ4n) is 2.71. The molecule has 1 fully saturated rings. The Hall–Kier alpha value is -1.45. The molecule has 0 aliphatic heterocycles. The van der Waals surface area contributed by atoms with Crippen molar-refractivity contribution < 1.29 is 8.42 Å². The van der Waals surface area contributed by atoms with Gasteiger partial charge in [0.1, 0.15) is 16.7 Å². The summed E-state index contributed by atoms with van der Waals surface area (Å²) in [6.45, 7) is 4.28. The standard InChI is InChI=1S/C14H19N3O2S/c1-10-3-6-14(11(2)7-10)17-20(18,19)13-5-4-12(8-15)16-9-13/h4-5,9-11,14,17H,3,6-7H2,1-2H3. The summed E-state index contributed by atoms with van der Waals surface area (Å²) in [4.78, 5) is 3.92. The van der Waals surface area contributed by atoms with Gasteiger partial charge < -0.3 is 0 Å². The Morgan fingerprint density at radius 1 is 1.35 bits per heavy atom. The number of pyridine rings is 1. The van der Waals surface area contributed by atoms with Crippen LogP contribution < -0.4 is 4.72 Å². The van der Waals surface area contributed by atoms with Crippen LogP contribution >= 0.6 is 0 Å². The zero-order valence-corrected chi connectivity index (χ0v) is 12.5. The second-order valence-corrected chi connectivity index (χ2v) is 7.33. The monoisotopic (exact) mass is 293 g/mol. The van der Waals surface area contributed by atoms with Gasteiger partial charge in [-0.1, -0.05) is 13.8 Å². The Labute approximate surface area is 120 Å². The molecular formula is C14H19N3O2S. The number of nitrogens with one attached hydrogen (secondary N) is 1. The van der Waals surface area contributed by atoms with E-state index in [2.05, 4.69) is 23.6 Å². The number of nitriles is 1. The predicted molar refractivity (Wildman–Crippen MR) is 75.2 cm³/mol. The Morgan fingerprint density at radius 2 is 2.10 bits per heavy atom. The summed E-state index contributed by atoms with van der Waals surface area (Å²) in [6, 6.07) is 4.69. The maximum Gasteiger partial charge on any atom is 0.242 e. The summed E-state index contributed by atoms with van der Waals surface area (Å²) in [5.74, 6) is 0.988. The third-order valence-electron chi connectivity index (χ3n) is 3.90. The lowest BCUT2D eigenvalue weighted by atomic mass is 9.80. The maximum absolute atomic E-state index is 12.3. The van der Waals surface area contributed by atoms with Crippen LogP contribution in [0.1, 0.15) is 38.8 Å². The van der Waals surface area contributed by atoms with Crippen molar-refractivity contribution in [3.05, 3.63) is 24.0 Å². The second kappa shape index (κ2) is 5.90. The lowest BCUT2D eigenvalue weighted by Gasteiger charge is -2.32. The zero-order chi connectivity index (χ0) is 14.8. The van der Waals surface area contributed by atoms with Gasteiger partial charge in [-0.05, 0) is 43.2 Å². The highest BCUT2D eigenvalue weighted by Crippen LogP contribution is 2.29. The maximum atomic E-state index is 12.3. The zero-order valence-electron chi connectivity index (χ0n) is 11.7. The normalized spacial score (nSPS) is 26.9. The number of sulfonamides is 1.